The summed E-state index contributed by atoms with van der Waals surface area (Å²) in [6, 6.07) is 1.98. The molecule has 1 aliphatic carbocycles. The monoisotopic (exact) mass is 280 g/mol. The Hall–Kier alpha value is -1.78. The van der Waals surface area contributed by atoms with E-state index in [9.17, 15) is 4.79 Å². The minimum absolute atomic E-state index is 0.154. The Bertz CT molecular complexity index is 517. The Kier molecular flexibility index (Phi) is 4.24. The molecule has 1 aromatic heterocycles. The number of anilines is 2. The van der Waals surface area contributed by atoms with Crippen molar-refractivity contribution in [2.45, 2.75) is 12.8 Å². The van der Waals surface area contributed by atoms with E-state index in [2.05, 4.69) is 5.32 Å². The topological polar surface area (TPSA) is 114 Å². The molecule has 0 atom stereocenters. The lowest BCUT2D eigenvalue weighted by Crippen LogP contribution is -2.10. The summed E-state index contributed by atoms with van der Waals surface area (Å²) in [5.41, 5.74) is 11.3. The maximum atomic E-state index is 11.2. The van der Waals surface area contributed by atoms with E-state index in [0.29, 0.717) is 18.2 Å². The van der Waals surface area contributed by atoms with Crippen LogP contribution in [-0.2, 0) is 4.74 Å². The molecule has 1 fully saturated rings. The van der Waals surface area contributed by atoms with Crippen LogP contribution in [0, 0.1) is 17.2 Å². The van der Waals surface area contributed by atoms with Crippen LogP contribution in [0.3, 0.4) is 0 Å². The third-order valence-corrected chi connectivity index (χ3v) is 4.04. The van der Waals surface area contributed by atoms with Crippen molar-refractivity contribution in [3.05, 3.63) is 10.4 Å². The van der Waals surface area contributed by atoms with E-state index in [1.54, 1.807) is 0 Å². The quantitative estimate of drug-likeness (QED) is 0.648. The summed E-state index contributed by atoms with van der Waals surface area (Å²) >= 11 is 1.11. The number of rotatable bonds is 7. The van der Waals surface area contributed by atoms with Gasteiger partial charge in [0, 0.05) is 13.2 Å². The van der Waals surface area contributed by atoms with Crippen LogP contribution >= 0.6 is 11.3 Å². The van der Waals surface area contributed by atoms with E-state index in [-0.39, 0.29) is 16.1 Å². The van der Waals surface area contributed by atoms with Crippen LogP contribution in [0.5, 0.6) is 0 Å². The molecule has 102 valence electrons. The summed E-state index contributed by atoms with van der Waals surface area (Å²) in [5, 5.41) is 12.7. The number of thiophene rings is 1. The van der Waals surface area contributed by atoms with Crippen molar-refractivity contribution in [1.29, 1.82) is 5.26 Å². The fraction of sp³-hybridized carbons (Fsp3) is 0.500. The first-order valence-corrected chi connectivity index (χ1v) is 6.89. The molecule has 19 heavy (non-hydrogen) atoms. The van der Waals surface area contributed by atoms with Gasteiger partial charge < -0.3 is 21.5 Å². The molecule has 0 aliphatic heterocycles. The number of carbonyl (C=O) groups excluding carboxylic acids is 1. The van der Waals surface area contributed by atoms with E-state index in [1.807, 2.05) is 6.07 Å². The molecule has 1 saturated carbocycles. The zero-order valence-corrected chi connectivity index (χ0v) is 11.3. The van der Waals surface area contributed by atoms with Crippen molar-refractivity contribution in [2.24, 2.45) is 11.7 Å². The van der Waals surface area contributed by atoms with Crippen molar-refractivity contribution < 1.29 is 9.53 Å². The van der Waals surface area contributed by atoms with Crippen molar-refractivity contribution in [2.75, 3.05) is 30.8 Å². The number of hydrogen-bond acceptors (Lipinski definition) is 6. The molecule has 1 aromatic rings. The van der Waals surface area contributed by atoms with Gasteiger partial charge in [-0.15, -0.1) is 11.3 Å². The van der Waals surface area contributed by atoms with E-state index in [4.69, 9.17) is 21.5 Å². The second-order valence-electron chi connectivity index (χ2n) is 4.47. The number of nitriles is 1. The fourth-order valence-corrected chi connectivity index (χ4v) is 2.58. The van der Waals surface area contributed by atoms with Gasteiger partial charge in [0.1, 0.15) is 21.5 Å². The lowest BCUT2D eigenvalue weighted by molar-refractivity contribution is 0.100. The van der Waals surface area contributed by atoms with E-state index in [1.165, 1.54) is 12.8 Å². The standard InChI is InChI=1S/C12H16N4O2S/c13-5-8-9(14)10(11(15)17)19-12(8)16-3-4-18-6-7-1-2-7/h7,16H,1-4,6,14H2,(H2,15,17). The lowest BCUT2D eigenvalue weighted by Gasteiger charge is -2.05. The third-order valence-electron chi connectivity index (χ3n) is 2.86. The van der Waals surface area contributed by atoms with Crippen LogP contribution in [0.25, 0.3) is 0 Å². The predicted molar refractivity (Wildman–Crippen MR) is 74.0 cm³/mol. The highest BCUT2D eigenvalue weighted by molar-refractivity contribution is 7.18. The van der Waals surface area contributed by atoms with Gasteiger partial charge in [0.2, 0.25) is 0 Å². The normalized spacial score (nSPS) is 14.1. The SMILES string of the molecule is N#Cc1c(NCCOCC2CC2)sc(C(N)=O)c1N. The Morgan fingerprint density at radius 3 is 2.89 bits per heavy atom. The van der Waals surface area contributed by atoms with Gasteiger partial charge in [-0.3, -0.25) is 4.79 Å². The van der Waals surface area contributed by atoms with Crippen molar-refractivity contribution >= 4 is 27.9 Å². The molecule has 0 bridgehead atoms. The second kappa shape index (κ2) is 5.91. The minimum atomic E-state index is -0.614. The van der Waals surface area contributed by atoms with Gasteiger partial charge >= 0.3 is 0 Å². The predicted octanol–water partition coefficient (Wildman–Crippen LogP) is 1.14. The Morgan fingerprint density at radius 1 is 1.58 bits per heavy atom. The molecule has 1 amide bonds. The number of ether oxygens (including phenoxy) is 1. The first-order chi connectivity index (χ1) is 9.13. The summed E-state index contributed by atoms with van der Waals surface area (Å²) < 4.78 is 5.47. The molecule has 0 spiro atoms. The van der Waals surface area contributed by atoms with Crippen LogP contribution in [0.4, 0.5) is 10.7 Å². The van der Waals surface area contributed by atoms with Crippen molar-refractivity contribution in [3.63, 3.8) is 0 Å². The molecule has 0 aromatic carbocycles. The van der Waals surface area contributed by atoms with Gasteiger partial charge in [0.25, 0.3) is 5.91 Å². The van der Waals surface area contributed by atoms with Crippen molar-refractivity contribution in [1.82, 2.24) is 0 Å². The Labute approximate surface area is 115 Å². The molecular formula is C12H16N4O2S. The molecule has 1 aliphatic rings. The maximum Gasteiger partial charge on any atom is 0.261 e. The maximum absolute atomic E-state index is 11.2. The minimum Gasteiger partial charge on any atom is -0.396 e. The molecule has 2 rings (SSSR count). The average Bonchev–Trinajstić information content (AvgIpc) is 3.13. The number of amides is 1. The van der Waals surface area contributed by atoms with Crippen LogP contribution < -0.4 is 16.8 Å². The summed E-state index contributed by atoms with van der Waals surface area (Å²) in [6.45, 7) is 1.93. The number of nitrogens with one attached hydrogen (secondary N) is 1. The molecule has 5 N–H and O–H groups in total. The lowest BCUT2D eigenvalue weighted by atomic mass is 10.2. The first kappa shape index (κ1) is 13.6. The zero-order chi connectivity index (χ0) is 13.8. The highest BCUT2D eigenvalue weighted by Crippen LogP contribution is 2.34. The zero-order valence-electron chi connectivity index (χ0n) is 10.4. The summed E-state index contributed by atoms with van der Waals surface area (Å²) in [6.07, 6.45) is 2.52. The number of nitrogen functional groups attached to an aromatic ring is 1. The fourth-order valence-electron chi connectivity index (χ4n) is 1.63. The third kappa shape index (κ3) is 3.36. The molecule has 6 nitrogen and oxygen atoms in total. The number of carbonyl (C=O) groups is 1. The molecule has 0 unspecified atom stereocenters. The molecular weight excluding hydrogens is 264 g/mol. The van der Waals surface area contributed by atoms with E-state index < -0.39 is 5.91 Å². The van der Waals surface area contributed by atoms with Gasteiger partial charge in [-0.25, -0.2) is 0 Å². The summed E-state index contributed by atoms with van der Waals surface area (Å²) in [5.74, 6) is 0.116. The van der Waals surface area contributed by atoms with Crippen molar-refractivity contribution in [3.8, 4) is 6.07 Å². The van der Waals surface area contributed by atoms with E-state index in [0.717, 1.165) is 23.9 Å². The number of primary amides is 1. The van der Waals surface area contributed by atoms with Gasteiger partial charge in [-0.1, -0.05) is 0 Å². The molecule has 7 heteroatoms. The van der Waals surface area contributed by atoms with Gasteiger partial charge in [0.05, 0.1) is 12.3 Å². The molecule has 0 radical (unpaired) electrons. The van der Waals surface area contributed by atoms with Gasteiger partial charge in [-0.2, -0.15) is 5.26 Å². The van der Waals surface area contributed by atoms with Gasteiger partial charge in [-0.05, 0) is 18.8 Å². The number of nitrogens with two attached hydrogens (primary N) is 2. The summed E-state index contributed by atoms with van der Waals surface area (Å²) in [7, 11) is 0. The number of nitrogens with zero attached hydrogens (tertiary/aromatic N) is 1. The number of hydrogen-bond donors (Lipinski definition) is 3. The molecule has 1 heterocycles. The largest absolute Gasteiger partial charge is 0.396 e. The first-order valence-electron chi connectivity index (χ1n) is 6.07. The highest BCUT2D eigenvalue weighted by Gasteiger charge is 2.21. The Balaban J connectivity index is 1.89. The second-order valence-corrected chi connectivity index (χ2v) is 5.49. The van der Waals surface area contributed by atoms with E-state index >= 15 is 0 Å². The Morgan fingerprint density at radius 2 is 2.32 bits per heavy atom. The summed E-state index contributed by atoms with van der Waals surface area (Å²) in [4.78, 5) is 11.4. The molecule has 0 saturated heterocycles. The van der Waals surface area contributed by atoms with Crippen LogP contribution in [0.2, 0.25) is 0 Å². The van der Waals surface area contributed by atoms with Crippen LogP contribution in [-0.4, -0.2) is 25.7 Å². The van der Waals surface area contributed by atoms with Crippen LogP contribution in [0.1, 0.15) is 28.1 Å². The van der Waals surface area contributed by atoms with Crippen LogP contribution in [0.15, 0.2) is 0 Å². The van der Waals surface area contributed by atoms with Gasteiger partial charge in [0.15, 0.2) is 0 Å². The smallest absolute Gasteiger partial charge is 0.261 e. The highest BCUT2D eigenvalue weighted by atomic mass is 32.1. The average molecular weight is 280 g/mol.